The third-order valence-electron chi connectivity index (χ3n) is 11.6. The number of ether oxygens (including phenoxy) is 3. The number of allylic oxidation sites excluding steroid dienone is 1. The van der Waals surface area contributed by atoms with Crippen LogP contribution < -0.4 is 19.9 Å². The zero-order valence-corrected chi connectivity index (χ0v) is 32.2. The molecule has 3 saturated carbocycles. The summed E-state index contributed by atoms with van der Waals surface area (Å²) in [5, 5.41) is 15.7. The Bertz CT molecular complexity index is 1980. The minimum Gasteiger partial charge on any atom is -0.861 e. The lowest BCUT2D eigenvalue weighted by atomic mass is 9.85. The van der Waals surface area contributed by atoms with Crippen molar-refractivity contribution in [2.24, 2.45) is 27.1 Å². The van der Waals surface area contributed by atoms with E-state index in [0.29, 0.717) is 47.6 Å². The molecule has 0 radical (unpaired) electrons. The number of carbonyl (C=O) groups is 3. The number of aryl methyl sites for hydroxylation is 1. The number of hydrogen-bond acceptors (Lipinski definition) is 11. The van der Waals surface area contributed by atoms with E-state index in [1.165, 1.54) is 4.90 Å². The lowest BCUT2D eigenvalue weighted by molar-refractivity contribution is -0.226. The van der Waals surface area contributed by atoms with Gasteiger partial charge in [0.05, 0.1) is 36.0 Å². The molecule has 15 heteroatoms. The van der Waals surface area contributed by atoms with Crippen LogP contribution in [0.5, 0.6) is 11.6 Å². The first-order valence-corrected chi connectivity index (χ1v) is 20.6. The van der Waals surface area contributed by atoms with Gasteiger partial charge in [-0.1, -0.05) is 39.7 Å². The highest BCUT2D eigenvalue weighted by Gasteiger charge is 2.57. The molecule has 2 aliphatic heterocycles. The molecular formula is C39H50N5O9S-. The summed E-state index contributed by atoms with van der Waals surface area (Å²) in [4.78, 5) is 53.5. The second kappa shape index (κ2) is 14.4. The molecule has 3 heterocycles. The number of alkyl carbamates (subject to hydrolysis) is 1. The van der Waals surface area contributed by atoms with Gasteiger partial charge in [-0.3, -0.25) is 9.59 Å². The van der Waals surface area contributed by atoms with Crippen LogP contribution in [0, 0.1) is 22.7 Å². The van der Waals surface area contributed by atoms with Gasteiger partial charge in [-0.05, 0) is 80.2 Å². The van der Waals surface area contributed by atoms with Crippen LogP contribution >= 0.6 is 0 Å². The monoisotopic (exact) mass is 764 g/mol. The normalized spacial score (nSPS) is 30.8. The number of benzene rings is 1. The molecule has 1 aromatic heterocycles. The fourth-order valence-corrected chi connectivity index (χ4v) is 9.21. The van der Waals surface area contributed by atoms with Gasteiger partial charge in [-0.2, -0.15) is 4.40 Å². The molecule has 5 aliphatic rings. The van der Waals surface area contributed by atoms with Crippen molar-refractivity contribution in [1.29, 1.82) is 0 Å². The standard InChI is InChI=1S/C39H51N5O9S/c1-6-23-19-39(23,36(47)43-54(49,50)26-13-14-26)20-31(45)30-18-25-21-44(30)35(46)33(38(2,3)4)42-37(48)53-32-16-22(32)10-8-7-9-11-28-34(52-25)41-29-17-24(51-5)12-15-27(29)40-28/h6,12,15,17,22-23,25-26,30,32-33H,1,7-11,13-14,16,18-21H2,2-5H3,(H,42,48)(H,43,47)/p-1/t22-,23-,25?,30+,32-,33-,39-/m1/s1. The number of fused-ring (bicyclic) bond motifs is 5. The van der Waals surface area contributed by atoms with Crippen molar-refractivity contribution in [3.63, 3.8) is 0 Å². The van der Waals surface area contributed by atoms with Crippen LogP contribution in [0.3, 0.4) is 0 Å². The summed E-state index contributed by atoms with van der Waals surface area (Å²) in [7, 11) is -2.42. The Morgan fingerprint density at radius 1 is 1.13 bits per heavy atom. The van der Waals surface area contributed by atoms with E-state index in [1.807, 2.05) is 32.9 Å². The van der Waals surface area contributed by atoms with E-state index in [9.17, 15) is 27.9 Å². The SMILES string of the molecule is C=C[C@@H]1C[C@]1(CC(=O)[C@@H]1CC2CN1C(=O)[C@H](C(C)(C)C)NC(=O)O[C@@H]1C[C@H]1CCCCCc1nc3ccc(OC)cc3nc1O2)C([O-])=NS(=O)(=O)C1CC1. The molecule has 1 aromatic carbocycles. The molecule has 1 saturated heterocycles. The molecule has 7 rings (SSSR count). The molecule has 0 spiro atoms. The number of Topliss-reactive ketones (excluding diaryl/α,β-unsaturated/α-hetero) is 1. The fraction of sp³-hybridized carbons (Fsp3) is 0.641. The van der Waals surface area contributed by atoms with Crippen LogP contribution in [-0.2, 0) is 30.8 Å². The van der Waals surface area contributed by atoms with E-state index in [1.54, 1.807) is 19.3 Å². The molecule has 1 unspecified atom stereocenters. The maximum atomic E-state index is 14.6. The number of carbonyl (C=O) groups excluding carboxylic acids is 3. The van der Waals surface area contributed by atoms with Gasteiger partial charge >= 0.3 is 6.09 Å². The molecule has 4 fully saturated rings. The van der Waals surface area contributed by atoms with Crippen LogP contribution in [0.1, 0.15) is 90.7 Å². The first kappa shape index (κ1) is 38.0. The topological polar surface area (TPSA) is 190 Å². The average Bonchev–Trinajstić information content (AvgIpc) is 4.04. The molecule has 2 amide bonds. The number of rotatable bonds is 8. The number of ketones is 1. The lowest BCUT2D eigenvalue weighted by Crippen LogP contribution is -2.57. The summed E-state index contributed by atoms with van der Waals surface area (Å²) >= 11 is 0. The Morgan fingerprint density at radius 2 is 1.91 bits per heavy atom. The zero-order valence-electron chi connectivity index (χ0n) is 31.4. The minimum atomic E-state index is -3.99. The first-order chi connectivity index (χ1) is 25.6. The largest absolute Gasteiger partial charge is 0.861 e. The van der Waals surface area contributed by atoms with E-state index in [0.717, 1.165) is 32.1 Å². The highest BCUT2D eigenvalue weighted by molar-refractivity contribution is 7.91. The van der Waals surface area contributed by atoms with E-state index < -0.39 is 73.9 Å². The Kier molecular flexibility index (Phi) is 10.2. The summed E-state index contributed by atoms with van der Waals surface area (Å²) in [6.45, 7) is 9.27. The van der Waals surface area contributed by atoms with Crippen molar-refractivity contribution in [3.8, 4) is 11.6 Å². The molecule has 2 bridgehead atoms. The van der Waals surface area contributed by atoms with Gasteiger partial charge in [-0.15, -0.1) is 6.58 Å². The molecule has 1 N–H and O–H groups in total. The molecular weight excluding hydrogens is 715 g/mol. The predicted octanol–water partition coefficient (Wildman–Crippen LogP) is 4.04. The van der Waals surface area contributed by atoms with Crippen molar-refractivity contribution in [2.75, 3.05) is 13.7 Å². The van der Waals surface area contributed by atoms with E-state index in [4.69, 9.17) is 24.2 Å². The van der Waals surface area contributed by atoms with E-state index in [-0.39, 0.29) is 37.8 Å². The smallest absolute Gasteiger partial charge is 0.408 e. The Morgan fingerprint density at radius 3 is 2.59 bits per heavy atom. The molecule has 54 heavy (non-hydrogen) atoms. The molecule has 2 aromatic rings. The van der Waals surface area contributed by atoms with Crippen LogP contribution in [-0.4, -0.2) is 90.2 Å². The third kappa shape index (κ3) is 7.92. The van der Waals surface area contributed by atoms with Crippen molar-refractivity contribution in [1.82, 2.24) is 20.2 Å². The Balaban J connectivity index is 1.23. The summed E-state index contributed by atoms with van der Waals surface area (Å²) in [5.74, 6) is -1.04. The second-order valence-corrected chi connectivity index (χ2v) is 18.6. The number of nitrogens with one attached hydrogen (secondary N) is 1. The Labute approximate surface area is 316 Å². The third-order valence-corrected chi connectivity index (χ3v) is 13.3. The van der Waals surface area contributed by atoms with Crippen LogP contribution in [0.2, 0.25) is 0 Å². The summed E-state index contributed by atoms with van der Waals surface area (Å²) < 4.78 is 46.8. The lowest BCUT2D eigenvalue weighted by Gasteiger charge is -2.35. The number of hydrogen-bond donors (Lipinski definition) is 1. The molecule has 7 atom stereocenters. The van der Waals surface area contributed by atoms with Gasteiger partial charge in [0.25, 0.3) is 10.0 Å². The fourth-order valence-electron chi connectivity index (χ4n) is 7.92. The average molecular weight is 765 g/mol. The van der Waals surface area contributed by atoms with E-state index in [2.05, 4.69) is 16.3 Å². The summed E-state index contributed by atoms with van der Waals surface area (Å²) in [6, 6.07) is 3.33. The predicted molar refractivity (Wildman–Crippen MR) is 197 cm³/mol. The van der Waals surface area contributed by atoms with Crippen molar-refractivity contribution < 1.29 is 42.1 Å². The van der Waals surface area contributed by atoms with Gasteiger partial charge in [0.1, 0.15) is 29.7 Å². The quantitative estimate of drug-likeness (QED) is 0.232. The number of amides is 2. The minimum absolute atomic E-state index is 0.00716. The highest BCUT2D eigenvalue weighted by Crippen LogP contribution is 2.57. The molecule has 292 valence electrons. The maximum Gasteiger partial charge on any atom is 0.408 e. The van der Waals surface area contributed by atoms with Crippen LogP contribution in [0.25, 0.3) is 11.0 Å². The second-order valence-electron chi connectivity index (χ2n) is 16.8. The van der Waals surface area contributed by atoms with Gasteiger partial charge in [0, 0.05) is 24.3 Å². The van der Waals surface area contributed by atoms with Crippen LogP contribution in [0.15, 0.2) is 35.3 Å². The number of nitrogens with zero attached hydrogens (tertiary/aromatic N) is 4. The van der Waals surface area contributed by atoms with Crippen molar-refractivity contribution in [2.45, 2.75) is 121 Å². The summed E-state index contributed by atoms with van der Waals surface area (Å²) in [5.41, 5.74) is -0.214. The van der Waals surface area contributed by atoms with Gasteiger partial charge in [0.2, 0.25) is 11.8 Å². The molecule has 14 nitrogen and oxygen atoms in total. The van der Waals surface area contributed by atoms with Gasteiger partial charge in [-0.25, -0.2) is 23.2 Å². The zero-order chi connectivity index (χ0) is 38.6. The van der Waals surface area contributed by atoms with Gasteiger partial charge < -0.3 is 29.5 Å². The Hall–Kier alpha value is -4.27. The van der Waals surface area contributed by atoms with Crippen LogP contribution in [0.4, 0.5) is 4.79 Å². The molecule has 3 aliphatic carbocycles. The van der Waals surface area contributed by atoms with Crippen molar-refractivity contribution >= 4 is 44.7 Å². The maximum absolute atomic E-state index is 14.6. The van der Waals surface area contributed by atoms with Gasteiger partial charge in [0.15, 0.2) is 5.78 Å². The number of methoxy groups -OCH3 is 1. The number of aromatic nitrogens is 2. The highest BCUT2D eigenvalue weighted by atomic mass is 32.2. The van der Waals surface area contributed by atoms with Crippen molar-refractivity contribution in [3.05, 3.63) is 36.5 Å². The first-order valence-electron chi connectivity index (χ1n) is 19.1. The number of sulfonamides is 1. The van der Waals surface area contributed by atoms with E-state index >= 15 is 0 Å². The summed E-state index contributed by atoms with van der Waals surface area (Å²) in [6.07, 6.45) is 5.84.